The van der Waals surface area contributed by atoms with Crippen LogP contribution >= 0.6 is 11.6 Å². The zero-order chi connectivity index (χ0) is 11.0. The van der Waals surface area contributed by atoms with E-state index in [9.17, 15) is 0 Å². The van der Waals surface area contributed by atoms with Gasteiger partial charge >= 0.3 is 0 Å². The number of benzene rings is 2. The van der Waals surface area contributed by atoms with Crippen molar-refractivity contribution in [2.75, 3.05) is 0 Å². The lowest BCUT2D eigenvalue weighted by Gasteiger charge is -2.13. The topological polar surface area (TPSA) is 18.5 Å². The summed E-state index contributed by atoms with van der Waals surface area (Å²) in [6, 6.07) is 11.9. The maximum absolute atomic E-state index is 6.33. The van der Waals surface area contributed by atoms with Crippen molar-refractivity contribution >= 4 is 22.4 Å². The number of hydrogen-bond acceptors (Lipinski definition) is 2. The molecule has 16 heavy (non-hydrogen) atoms. The van der Waals surface area contributed by atoms with Gasteiger partial charge in [0.2, 0.25) is 0 Å². The van der Waals surface area contributed by atoms with Crippen molar-refractivity contribution in [1.29, 1.82) is 0 Å². The van der Waals surface area contributed by atoms with Gasteiger partial charge in [-0.15, -0.1) is 0 Å². The Balaban J connectivity index is 2.16. The predicted octanol–water partition coefficient (Wildman–Crippen LogP) is 4.01. The lowest BCUT2D eigenvalue weighted by Crippen LogP contribution is -1.98. The molecular formula is C13H9ClO2. The molecule has 3 heteroatoms. The van der Waals surface area contributed by atoms with E-state index in [1.54, 1.807) is 0 Å². The third-order valence-corrected chi connectivity index (χ3v) is 3.03. The summed E-state index contributed by atoms with van der Waals surface area (Å²) in [5, 5.41) is 2.81. The van der Waals surface area contributed by atoms with Gasteiger partial charge in [0.1, 0.15) is 12.5 Å². The minimum Gasteiger partial charge on any atom is -0.455 e. The molecule has 3 rings (SSSR count). The zero-order valence-electron chi connectivity index (χ0n) is 8.39. The van der Waals surface area contributed by atoms with E-state index in [0.29, 0.717) is 5.02 Å². The van der Waals surface area contributed by atoms with Crippen LogP contribution in [0.1, 0.15) is 11.9 Å². The standard InChI is InChI=1S/C13H9ClO2/c14-12-10-4-2-1-3-9(10)5-6-11(12)13-15-7-8-16-13/h1-8,13H. The molecule has 0 radical (unpaired) electrons. The highest BCUT2D eigenvalue weighted by molar-refractivity contribution is 6.36. The van der Waals surface area contributed by atoms with Gasteiger partial charge in [0.05, 0.1) is 10.6 Å². The summed E-state index contributed by atoms with van der Waals surface area (Å²) in [5.41, 5.74) is 0.852. The molecule has 0 N–H and O–H groups in total. The van der Waals surface area contributed by atoms with Crippen LogP contribution in [0.25, 0.3) is 10.8 Å². The molecule has 0 spiro atoms. The molecule has 0 saturated carbocycles. The normalized spacial score (nSPS) is 15.1. The van der Waals surface area contributed by atoms with Crippen LogP contribution in [0.5, 0.6) is 0 Å². The molecule has 0 aliphatic carbocycles. The van der Waals surface area contributed by atoms with E-state index >= 15 is 0 Å². The number of rotatable bonds is 1. The van der Waals surface area contributed by atoms with Gasteiger partial charge in [0.25, 0.3) is 6.29 Å². The van der Waals surface area contributed by atoms with Crippen LogP contribution < -0.4 is 0 Å². The maximum Gasteiger partial charge on any atom is 0.267 e. The average Bonchev–Trinajstić information content (AvgIpc) is 2.83. The quantitative estimate of drug-likeness (QED) is 0.740. The first kappa shape index (κ1) is 9.55. The van der Waals surface area contributed by atoms with Crippen molar-refractivity contribution in [3.8, 4) is 0 Å². The minimum atomic E-state index is -0.419. The van der Waals surface area contributed by atoms with E-state index < -0.39 is 6.29 Å². The van der Waals surface area contributed by atoms with Crippen molar-refractivity contribution in [2.24, 2.45) is 0 Å². The van der Waals surface area contributed by atoms with Crippen molar-refractivity contribution < 1.29 is 9.47 Å². The fourth-order valence-corrected chi connectivity index (χ4v) is 2.14. The molecule has 1 heterocycles. The summed E-state index contributed by atoms with van der Waals surface area (Å²) in [5.74, 6) is 0. The highest BCUT2D eigenvalue weighted by Gasteiger charge is 2.19. The Bertz CT molecular complexity index is 555. The van der Waals surface area contributed by atoms with E-state index in [-0.39, 0.29) is 0 Å². The summed E-state index contributed by atoms with van der Waals surface area (Å²) in [6.07, 6.45) is 2.63. The fourth-order valence-electron chi connectivity index (χ4n) is 1.82. The fraction of sp³-hybridized carbons (Fsp3) is 0.0769. The van der Waals surface area contributed by atoms with Gasteiger partial charge in [0, 0.05) is 5.39 Å². The number of fused-ring (bicyclic) bond motifs is 1. The number of halogens is 1. The third-order valence-electron chi connectivity index (χ3n) is 2.61. The van der Waals surface area contributed by atoms with Gasteiger partial charge in [-0.2, -0.15) is 0 Å². The van der Waals surface area contributed by atoms with Crippen molar-refractivity contribution in [3.05, 3.63) is 59.5 Å². The SMILES string of the molecule is Clc1c(C2OC=CO2)ccc2ccccc12. The van der Waals surface area contributed by atoms with E-state index in [1.807, 2.05) is 36.4 Å². The van der Waals surface area contributed by atoms with Gasteiger partial charge in [0.15, 0.2) is 0 Å². The monoisotopic (exact) mass is 232 g/mol. The predicted molar refractivity (Wildman–Crippen MR) is 63.0 cm³/mol. The van der Waals surface area contributed by atoms with Crippen molar-refractivity contribution in [2.45, 2.75) is 6.29 Å². The summed E-state index contributed by atoms with van der Waals surface area (Å²) in [7, 11) is 0. The Morgan fingerprint density at radius 1 is 0.938 bits per heavy atom. The number of ether oxygens (including phenoxy) is 2. The van der Waals surface area contributed by atoms with Crippen LogP contribution in [0.2, 0.25) is 5.02 Å². The molecule has 0 unspecified atom stereocenters. The molecule has 0 amide bonds. The van der Waals surface area contributed by atoms with E-state index in [1.165, 1.54) is 12.5 Å². The van der Waals surface area contributed by atoms with Gasteiger partial charge < -0.3 is 9.47 Å². The van der Waals surface area contributed by atoms with Crippen LogP contribution in [0.3, 0.4) is 0 Å². The zero-order valence-corrected chi connectivity index (χ0v) is 9.15. The van der Waals surface area contributed by atoms with E-state index in [4.69, 9.17) is 21.1 Å². The molecule has 0 fully saturated rings. The smallest absolute Gasteiger partial charge is 0.267 e. The summed E-state index contributed by atoms with van der Waals surface area (Å²) in [6.45, 7) is 0. The Labute approximate surface area is 98.0 Å². The van der Waals surface area contributed by atoms with Crippen LogP contribution in [0.15, 0.2) is 48.9 Å². The Morgan fingerprint density at radius 3 is 2.50 bits per heavy atom. The summed E-state index contributed by atoms with van der Waals surface area (Å²) < 4.78 is 10.6. The molecule has 0 atom stereocenters. The molecule has 2 aromatic carbocycles. The highest BCUT2D eigenvalue weighted by atomic mass is 35.5. The number of hydrogen-bond donors (Lipinski definition) is 0. The van der Waals surface area contributed by atoms with Gasteiger partial charge in [-0.1, -0.05) is 41.9 Å². The van der Waals surface area contributed by atoms with Crippen LogP contribution in [0, 0.1) is 0 Å². The molecule has 2 aromatic rings. The molecule has 1 aliphatic heterocycles. The average molecular weight is 233 g/mol. The van der Waals surface area contributed by atoms with Gasteiger partial charge in [-0.25, -0.2) is 0 Å². The Morgan fingerprint density at radius 2 is 1.69 bits per heavy atom. The highest BCUT2D eigenvalue weighted by Crippen LogP contribution is 2.34. The molecule has 0 bridgehead atoms. The van der Waals surface area contributed by atoms with Crippen LogP contribution in [0.4, 0.5) is 0 Å². The van der Waals surface area contributed by atoms with Gasteiger partial charge in [-0.05, 0) is 11.5 Å². The maximum atomic E-state index is 6.33. The molecule has 0 aromatic heterocycles. The van der Waals surface area contributed by atoms with Gasteiger partial charge in [-0.3, -0.25) is 0 Å². The second kappa shape index (κ2) is 3.72. The molecular weight excluding hydrogens is 224 g/mol. The first-order valence-electron chi connectivity index (χ1n) is 4.99. The summed E-state index contributed by atoms with van der Waals surface area (Å²) >= 11 is 6.33. The molecule has 80 valence electrons. The lowest BCUT2D eigenvalue weighted by atomic mass is 10.1. The Hall–Kier alpha value is -1.67. The third kappa shape index (κ3) is 1.42. The molecule has 2 nitrogen and oxygen atoms in total. The second-order valence-corrected chi connectivity index (χ2v) is 3.94. The second-order valence-electron chi connectivity index (χ2n) is 3.57. The summed E-state index contributed by atoms with van der Waals surface area (Å²) in [4.78, 5) is 0. The van der Waals surface area contributed by atoms with Crippen LogP contribution in [-0.4, -0.2) is 0 Å². The van der Waals surface area contributed by atoms with Crippen LogP contribution in [-0.2, 0) is 9.47 Å². The van der Waals surface area contributed by atoms with Crippen molar-refractivity contribution in [1.82, 2.24) is 0 Å². The Kier molecular flexibility index (Phi) is 2.22. The first-order valence-corrected chi connectivity index (χ1v) is 5.37. The largest absolute Gasteiger partial charge is 0.455 e. The first-order chi connectivity index (χ1) is 7.86. The molecule has 1 aliphatic rings. The molecule has 0 saturated heterocycles. The minimum absolute atomic E-state index is 0.419. The lowest BCUT2D eigenvalue weighted by molar-refractivity contribution is -0.0244. The van der Waals surface area contributed by atoms with Crippen molar-refractivity contribution in [3.63, 3.8) is 0 Å². The van der Waals surface area contributed by atoms with E-state index in [2.05, 4.69) is 0 Å². The van der Waals surface area contributed by atoms with E-state index in [0.717, 1.165) is 16.3 Å².